The van der Waals surface area contributed by atoms with Gasteiger partial charge in [0.05, 0.1) is 37.9 Å². The van der Waals surface area contributed by atoms with Crippen LogP contribution in [0.15, 0.2) is 53.4 Å². The van der Waals surface area contributed by atoms with Crippen molar-refractivity contribution in [1.29, 1.82) is 0 Å². The van der Waals surface area contributed by atoms with Crippen LogP contribution < -0.4 is 19.7 Å². The third-order valence-electron chi connectivity index (χ3n) is 4.78. The van der Waals surface area contributed by atoms with Gasteiger partial charge in [-0.05, 0) is 48.9 Å². The molecule has 37 heavy (non-hydrogen) atoms. The Kier molecular flexibility index (Phi) is 13.4. The molecule has 11 nitrogen and oxygen atoms in total. The maximum Gasteiger partial charge on any atom is 0.266 e. The number of hydrogen-bond acceptors (Lipinski definition) is 9. The predicted octanol–water partition coefficient (Wildman–Crippen LogP) is 1.67. The van der Waals surface area contributed by atoms with Gasteiger partial charge in [-0.15, -0.1) is 5.92 Å². The van der Waals surface area contributed by atoms with Gasteiger partial charge in [0, 0.05) is 7.11 Å². The number of sulfonamides is 1. The highest BCUT2D eigenvalue weighted by molar-refractivity contribution is 7.89. The molecule has 0 spiro atoms. The minimum absolute atomic E-state index is 0.0822. The van der Waals surface area contributed by atoms with Gasteiger partial charge in [-0.3, -0.25) is 10.0 Å². The molecule has 0 saturated heterocycles. The van der Waals surface area contributed by atoms with Gasteiger partial charge in [0.25, 0.3) is 5.91 Å². The standard InChI is InChI=1S/C25H32N2O9S/c1-3-4-13-35-22-9-11-23(12-10-22)37(30,31)27-24(25(28)26-29)20-5-7-21(8-6-20)36-19-18-34-17-16-33-15-14-32-2/h5-12,24,27,29H,13-19H2,1-2H3,(H,26,28). The maximum absolute atomic E-state index is 12.9. The Morgan fingerprint density at radius 3 is 2.05 bits per heavy atom. The zero-order valence-electron chi connectivity index (χ0n) is 20.8. The van der Waals surface area contributed by atoms with Crippen LogP contribution in [0.25, 0.3) is 0 Å². The molecule has 0 fully saturated rings. The first kappa shape index (κ1) is 30.0. The number of hydroxylamine groups is 1. The van der Waals surface area contributed by atoms with Crippen molar-refractivity contribution in [2.24, 2.45) is 0 Å². The summed E-state index contributed by atoms with van der Waals surface area (Å²) in [5.74, 6) is 5.43. The van der Waals surface area contributed by atoms with Crippen LogP contribution in [-0.4, -0.2) is 72.9 Å². The topological polar surface area (TPSA) is 142 Å². The largest absolute Gasteiger partial charge is 0.491 e. The SMILES string of the molecule is CC#CCOc1ccc(S(=O)(=O)NC(C(=O)NO)c2ccc(OCCOCCOCCOC)cc2)cc1. The summed E-state index contributed by atoms with van der Waals surface area (Å²) < 4.78 is 54.6. The molecule has 1 atom stereocenters. The lowest BCUT2D eigenvalue weighted by Gasteiger charge is -2.18. The van der Waals surface area contributed by atoms with E-state index in [0.717, 1.165) is 0 Å². The molecule has 0 aliphatic rings. The number of ether oxygens (including phenoxy) is 5. The number of nitrogens with one attached hydrogen (secondary N) is 2. The van der Waals surface area contributed by atoms with Gasteiger partial charge < -0.3 is 23.7 Å². The Morgan fingerprint density at radius 1 is 0.892 bits per heavy atom. The van der Waals surface area contributed by atoms with E-state index in [9.17, 15) is 13.2 Å². The summed E-state index contributed by atoms with van der Waals surface area (Å²) >= 11 is 0. The number of methoxy groups -OCH3 is 1. The van der Waals surface area contributed by atoms with Crippen molar-refractivity contribution >= 4 is 15.9 Å². The van der Waals surface area contributed by atoms with E-state index in [0.29, 0.717) is 50.1 Å². The van der Waals surface area contributed by atoms with Gasteiger partial charge in [-0.2, -0.15) is 4.72 Å². The van der Waals surface area contributed by atoms with E-state index in [2.05, 4.69) is 16.6 Å². The van der Waals surface area contributed by atoms with Gasteiger partial charge in [-0.1, -0.05) is 18.1 Å². The van der Waals surface area contributed by atoms with Crippen LogP contribution in [-0.2, 0) is 29.0 Å². The van der Waals surface area contributed by atoms with Crippen LogP contribution in [0, 0.1) is 11.8 Å². The molecule has 202 valence electrons. The van der Waals surface area contributed by atoms with Crippen molar-refractivity contribution < 1.29 is 42.1 Å². The minimum Gasteiger partial charge on any atom is -0.491 e. The van der Waals surface area contributed by atoms with Crippen molar-refractivity contribution in [3.8, 4) is 23.3 Å². The van der Waals surface area contributed by atoms with E-state index < -0.39 is 22.0 Å². The Balaban J connectivity index is 1.93. The molecule has 3 N–H and O–H groups in total. The summed E-state index contributed by atoms with van der Waals surface area (Å²) in [6.45, 7) is 4.41. The Morgan fingerprint density at radius 2 is 1.46 bits per heavy atom. The highest BCUT2D eigenvalue weighted by Gasteiger charge is 2.27. The normalized spacial score (nSPS) is 11.8. The Hall–Kier alpha value is -3.18. The van der Waals surface area contributed by atoms with E-state index >= 15 is 0 Å². The fourth-order valence-corrected chi connectivity index (χ4v) is 4.09. The summed E-state index contributed by atoms with van der Waals surface area (Å²) in [5.41, 5.74) is 1.79. The number of amides is 1. The van der Waals surface area contributed by atoms with Gasteiger partial charge in [0.2, 0.25) is 10.0 Å². The number of hydrogen-bond donors (Lipinski definition) is 3. The zero-order valence-corrected chi connectivity index (χ0v) is 21.6. The molecule has 0 radical (unpaired) electrons. The summed E-state index contributed by atoms with van der Waals surface area (Å²) in [5, 5.41) is 9.16. The fourth-order valence-electron chi connectivity index (χ4n) is 2.91. The second kappa shape index (κ2) is 16.5. The van der Waals surface area contributed by atoms with Crippen molar-refractivity contribution in [2.45, 2.75) is 17.9 Å². The van der Waals surface area contributed by atoms with Gasteiger partial charge >= 0.3 is 0 Å². The van der Waals surface area contributed by atoms with Crippen molar-refractivity contribution in [1.82, 2.24) is 10.2 Å². The van der Waals surface area contributed by atoms with Crippen molar-refractivity contribution in [3.05, 3.63) is 54.1 Å². The van der Waals surface area contributed by atoms with Gasteiger partial charge in [0.15, 0.2) is 0 Å². The Bertz CT molecular complexity index is 1110. The molecule has 0 heterocycles. The van der Waals surface area contributed by atoms with E-state index in [4.69, 9.17) is 28.9 Å². The zero-order chi connectivity index (χ0) is 26.9. The molecular formula is C25H32N2O9S. The quantitative estimate of drug-likeness (QED) is 0.119. The van der Waals surface area contributed by atoms with Crippen LogP contribution in [0.3, 0.4) is 0 Å². The molecule has 2 aromatic rings. The smallest absolute Gasteiger partial charge is 0.266 e. The van der Waals surface area contributed by atoms with Crippen molar-refractivity contribution in [3.63, 3.8) is 0 Å². The van der Waals surface area contributed by atoms with Crippen LogP contribution >= 0.6 is 0 Å². The fraction of sp³-hybridized carbons (Fsp3) is 0.400. The number of carbonyl (C=O) groups excluding carboxylic acids is 1. The minimum atomic E-state index is -4.12. The summed E-state index contributed by atoms with van der Waals surface area (Å²) in [6.07, 6.45) is 0. The van der Waals surface area contributed by atoms with E-state index in [1.807, 2.05) is 0 Å². The van der Waals surface area contributed by atoms with Crippen LogP contribution in [0.1, 0.15) is 18.5 Å². The summed E-state index contributed by atoms with van der Waals surface area (Å²) in [4.78, 5) is 12.2. The third kappa shape index (κ3) is 10.8. The van der Waals surface area contributed by atoms with Crippen LogP contribution in [0.5, 0.6) is 11.5 Å². The molecule has 1 amide bonds. The highest BCUT2D eigenvalue weighted by Crippen LogP contribution is 2.22. The summed E-state index contributed by atoms with van der Waals surface area (Å²) in [7, 11) is -2.51. The summed E-state index contributed by atoms with van der Waals surface area (Å²) in [6, 6.07) is 10.5. The second-order valence-corrected chi connectivity index (χ2v) is 9.07. The van der Waals surface area contributed by atoms with E-state index in [1.54, 1.807) is 26.2 Å². The molecule has 0 aliphatic heterocycles. The molecule has 0 saturated carbocycles. The van der Waals surface area contributed by atoms with Gasteiger partial charge in [0.1, 0.15) is 30.8 Å². The lowest BCUT2D eigenvalue weighted by Crippen LogP contribution is -2.39. The molecule has 2 aromatic carbocycles. The second-order valence-electron chi connectivity index (χ2n) is 7.35. The average Bonchev–Trinajstić information content (AvgIpc) is 2.91. The van der Waals surface area contributed by atoms with E-state index in [1.165, 1.54) is 41.9 Å². The number of benzene rings is 2. The first-order chi connectivity index (χ1) is 17.9. The monoisotopic (exact) mass is 536 g/mol. The number of carbonyl (C=O) groups is 1. The lowest BCUT2D eigenvalue weighted by molar-refractivity contribution is -0.131. The molecule has 12 heteroatoms. The average molecular weight is 537 g/mol. The first-order valence-corrected chi connectivity index (χ1v) is 12.9. The predicted molar refractivity (Wildman–Crippen MR) is 134 cm³/mol. The molecule has 0 bridgehead atoms. The van der Waals surface area contributed by atoms with Gasteiger partial charge in [-0.25, -0.2) is 13.9 Å². The third-order valence-corrected chi connectivity index (χ3v) is 6.22. The molecule has 1 unspecified atom stereocenters. The first-order valence-electron chi connectivity index (χ1n) is 11.4. The molecule has 0 aromatic heterocycles. The highest BCUT2D eigenvalue weighted by atomic mass is 32.2. The maximum atomic E-state index is 12.9. The lowest BCUT2D eigenvalue weighted by atomic mass is 10.1. The van der Waals surface area contributed by atoms with Crippen molar-refractivity contribution in [2.75, 3.05) is 53.4 Å². The molecular weight excluding hydrogens is 504 g/mol. The van der Waals surface area contributed by atoms with E-state index in [-0.39, 0.29) is 18.1 Å². The van der Waals surface area contributed by atoms with Crippen LogP contribution in [0.2, 0.25) is 0 Å². The Labute approximate surface area is 217 Å². The van der Waals surface area contributed by atoms with Crippen LogP contribution in [0.4, 0.5) is 0 Å². The molecule has 2 rings (SSSR count). The number of rotatable bonds is 17. The molecule has 0 aliphatic carbocycles.